The van der Waals surface area contributed by atoms with Crippen molar-refractivity contribution in [1.82, 2.24) is 4.98 Å². The molecule has 0 fully saturated rings. The Morgan fingerprint density at radius 2 is 2.40 bits per heavy atom. The van der Waals surface area contributed by atoms with Crippen LogP contribution in [-0.4, -0.2) is 30.6 Å². The maximum Gasteiger partial charge on any atom is 0.243 e. The van der Waals surface area contributed by atoms with E-state index in [0.29, 0.717) is 23.2 Å². The van der Waals surface area contributed by atoms with E-state index in [1.807, 2.05) is 12.1 Å². The minimum atomic E-state index is -0.555. The van der Waals surface area contributed by atoms with Crippen LogP contribution in [0.15, 0.2) is 18.2 Å². The summed E-state index contributed by atoms with van der Waals surface area (Å²) in [6, 6.07) is 4.86. The largest absolute Gasteiger partial charge is 0.385 e. The smallest absolute Gasteiger partial charge is 0.243 e. The van der Waals surface area contributed by atoms with Crippen LogP contribution < -0.4 is 11.1 Å². The number of nitrogens with zero attached hydrogens (tertiary/aromatic N) is 1. The highest BCUT2D eigenvalue weighted by Crippen LogP contribution is 2.28. The van der Waals surface area contributed by atoms with Gasteiger partial charge in [0.05, 0.1) is 16.3 Å². The summed E-state index contributed by atoms with van der Waals surface area (Å²) < 4.78 is 5.86. The van der Waals surface area contributed by atoms with Gasteiger partial charge in [0.25, 0.3) is 0 Å². The second-order valence-electron chi connectivity index (χ2n) is 4.36. The minimum absolute atomic E-state index is 0.230. The van der Waals surface area contributed by atoms with Gasteiger partial charge >= 0.3 is 0 Å². The third-order valence-electron chi connectivity index (χ3n) is 2.78. The summed E-state index contributed by atoms with van der Waals surface area (Å²) in [6.07, 6.45) is 1.33. The van der Waals surface area contributed by atoms with E-state index in [9.17, 15) is 4.79 Å². The van der Waals surface area contributed by atoms with Gasteiger partial charge in [0.15, 0.2) is 5.13 Å². The average Bonchev–Trinajstić information content (AvgIpc) is 2.80. The lowest BCUT2D eigenvalue weighted by atomic mass is 10.1. The Bertz CT molecular complexity index is 602. The fourth-order valence-electron chi connectivity index (χ4n) is 1.73. The van der Waals surface area contributed by atoms with Crippen molar-refractivity contribution in [2.24, 2.45) is 5.73 Å². The Balaban J connectivity index is 1.98. The molecular weight excluding hydrogens is 298 g/mol. The number of ether oxygens (including phenoxy) is 1. The van der Waals surface area contributed by atoms with E-state index in [1.54, 1.807) is 13.2 Å². The first-order chi connectivity index (χ1) is 9.60. The normalized spacial score (nSPS) is 12.6. The zero-order valence-electron chi connectivity index (χ0n) is 11.1. The first kappa shape index (κ1) is 15.2. The molecule has 3 N–H and O–H groups in total. The molecule has 0 aliphatic heterocycles. The van der Waals surface area contributed by atoms with Crippen molar-refractivity contribution >= 4 is 44.2 Å². The Labute approximate surface area is 126 Å². The molecule has 0 bridgehead atoms. The topological polar surface area (TPSA) is 77.2 Å². The van der Waals surface area contributed by atoms with Crippen LogP contribution in [-0.2, 0) is 9.53 Å². The van der Waals surface area contributed by atoms with Gasteiger partial charge < -0.3 is 15.8 Å². The van der Waals surface area contributed by atoms with Crippen LogP contribution in [0.2, 0.25) is 5.02 Å². The van der Waals surface area contributed by atoms with Crippen LogP contribution in [0.4, 0.5) is 5.13 Å². The molecule has 1 unspecified atom stereocenters. The number of hydrogen-bond donors (Lipinski definition) is 2. The molecule has 0 saturated heterocycles. The molecule has 7 heteroatoms. The van der Waals surface area contributed by atoms with E-state index in [0.717, 1.165) is 16.6 Å². The van der Waals surface area contributed by atoms with Gasteiger partial charge in [0.1, 0.15) is 0 Å². The van der Waals surface area contributed by atoms with Crippen LogP contribution in [0.5, 0.6) is 0 Å². The van der Waals surface area contributed by atoms with E-state index in [1.165, 1.54) is 11.3 Å². The molecular formula is C13H16ClN3O2S. The molecule has 1 heterocycles. The number of hydrogen-bond acceptors (Lipinski definition) is 5. The number of rotatable bonds is 6. The molecule has 108 valence electrons. The Morgan fingerprint density at radius 1 is 1.60 bits per heavy atom. The minimum Gasteiger partial charge on any atom is -0.385 e. The first-order valence-electron chi connectivity index (χ1n) is 6.21. The number of halogens is 1. The van der Waals surface area contributed by atoms with E-state index >= 15 is 0 Å². The molecule has 0 spiro atoms. The van der Waals surface area contributed by atoms with Gasteiger partial charge in [-0.1, -0.05) is 22.9 Å². The van der Waals surface area contributed by atoms with Gasteiger partial charge in [0, 0.05) is 18.7 Å². The molecule has 5 nitrogen and oxygen atoms in total. The monoisotopic (exact) mass is 313 g/mol. The molecule has 1 atom stereocenters. The molecule has 20 heavy (non-hydrogen) atoms. The fourth-order valence-corrected chi connectivity index (χ4v) is 2.87. The number of nitrogens with one attached hydrogen (secondary N) is 1. The van der Waals surface area contributed by atoms with Gasteiger partial charge in [0.2, 0.25) is 5.91 Å². The molecule has 0 aliphatic carbocycles. The zero-order chi connectivity index (χ0) is 14.5. The summed E-state index contributed by atoms with van der Waals surface area (Å²) in [5.74, 6) is -0.230. The number of amides is 1. The number of nitrogens with two attached hydrogens (primary N) is 1. The Morgan fingerprint density at radius 3 is 3.15 bits per heavy atom. The SMILES string of the molecule is COCCCC(N)C(=O)Nc1nc2ccc(Cl)cc2s1. The van der Waals surface area contributed by atoms with Crippen molar-refractivity contribution < 1.29 is 9.53 Å². The maximum atomic E-state index is 11.9. The highest BCUT2D eigenvalue weighted by atomic mass is 35.5. The molecule has 0 radical (unpaired) electrons. The lowest BCUT2D eigenvalue weighted by Gasteiger charge is -2.09. The second kappa shape index (κ2) is 6.99. The number of methoxy groups -OCH3 is 1. The molecule has 0 saturated carbocycles. The van der Waals surface area contributed by atoms with Crippen molar-refractivity contribution in [3.8, 4) is 0 Å². The van der Waals surface area contributed by atoms with Crippen molar-refractivity contribution in [3.63, 3.8) is 0 Å². The molecule has 1 aromatic carbocycles. The van der Waals surface area contributed by atoms with Crippen LogP contribution in [0, 0.1) is 0 Å². The van der Waals surface area contributed by atoms with E-state index < -0.39 is 6.04 Å². The van der Waals surface area contributed by atoms with Gasteiger partial charge in [-0.25, -0.2) is 4.98 Å². The van der Waals surface area contributed by atoms with Crippen LogP contribution >= 0.6 is 22.9 Å². The number of fused-ring (bicyclic) bond motifs is 1. The van der Waals surface area contributed by atoms with E-state index in [2.05, 4.69) is 10.3 Å². The second-order valence-corrected chi connectivity index (χ2v) is 5.83. The summed E-state index contributed by atoms with van der Waals surface area (Å²) >= 11 is 7.29. The van der Waals surface area contributed by atoms with Crippen LogP contribution in [0.3, 0.4) is 0 Å². The predicted octanol–water partition coefficient (Wildman–Crippen LogP) is 2.64. The molecule has 2 rings (SSSR count). The summed E-state index contributed by atoms with van der Waals surface area (Å²) in [6.45, 7) is 0.598. The van der Waals surface area contributed by atoms with Gasteiger partial charge in [-0.15, -0.1) is 0 Å². The third-order valence-corrected chi connectivity index (χ3v) is 3.95. The van der Waals surface area contributed by atoms with Crippen LogP contribution in [0.1, 0.15) is 12.8 Å². The van der Waals surface area contributed by atoms with Crippen LogP contribution in [0.25, 0.3) is 10.2 Å². The Kier molecular flexibility index (Phi) is 5.31. The van der Waals surface area contributed by atoms with E-state index in [4.69, 9.17) is 22.1 Å². The third kappa shape index (κ3) is 3.89. The fraction of sp³-hybridized carbons (Fsp3) is 0.385. The van der Waals surface area contributed by atoms with Gasteiger partial charge in [-0.05, 0) is 31.0 Å². The summed E-state index contributed by atoms with van der Waals surface area (Å²) in [5.41, 5.74) is 6.62. The predicted molar refractivity (Wildman–Crippen MR) is 82.3 cm³/mol. The molecule has 2 aromatic rings. The first-order valence-corrected chi connectivity index (χ1v) is 7.41. The number of anilines is 1. The number of carbonyl (C=O) groups excluding carboxylic acids is 1. The number of benzene rings is 1. The average molecular weight is 314 g/mol. The highest BCUT2D eigenvalue weighted by Gasteiger charge is 2.15. The zero-order valence-corrected chi connectivity index (χ0v) is 12.6. The quantitative estimate of drug-likeness (QED) is 0.804. The van der Waals surface area contributed by atoms with Gasteiger partial charge in [-0.2, -0.15) is 0 Å². The molecule has 1 aromatic heterocycles. The highest BCUT2D eigenvalue weighted by molar-refractivity contribution is 7.22. The lowest BCUT2D eigenvalue weighted by Crippen LogP contribution is -2.35. The molecule has 1 amide bonds. The van der Waals surface area contributed by atoms with Crippen molar-refractivity contribution in [1.29, 1.82) is 0 Å². The molecule has 0 aliphatic rings. The summed E-state index contributed by atoms with van der Waals surface area (Å²) in [5, 5.41) is 3.92. The number of carbonyl (C=O) groups is 1. The maximum absolute atomic E-state index is 11.9. The van der Waals surface area contributed by atoms with Gasteiger partial charge in [-0.3, -0.25) is 4.79 Å². The summed E-state index contributed by atoms with van der Waals surface area (Å²) in [4.78, 5) is 16.2. The van der Waals surface area contributed by atoms with Crippen molar-refractivity contribution in [2.75, 3.05) is 19.0 Å². The standard InChI is InChI=1S/C13H16ClN3O2S/c1-19-6-2-3-9(15)12(18)17-13-16-10-5-4-8(14)7-11(10)20-13/h4-5,7,9H,2-3,6,15H2,1H3,(H,16,17,18). The number of thiazole rings is 1. The summed E-state index contributed by atoms with van der Waals surface area (Å²) in [7, 11) is 1.62. The van der Waals surface area contributed by atoms with E-state index in [-0.39, 0.29) is 5.91 Å². The Hall–Kier alpha value is -1.21. The lowest BCUT2D eigenvalue weighted by molar-refractivity contribution is -0.117. The number of aromatic nitrogens is 1. The van der Waals surface area contributed by atoms with Crippen molar-refractivity contribution in [3.05, 3.63) is 23.2 Å². The van der Waals surface area contributed by atoms with Crippen molar-refractivity contribution in [2.45, 2.75) is 18.9 Å².